The predicted molar refractivity (Wildman–Crippen MR) is 94.8 cm³/mol. The molecule has 0 amide bonds. The molecule has 0 saturated heterocycles. The van der Waals surface area contributed by atoms with Crippen LogP contribution in [-0.2, 0) is 19.5 Å². The summed E-state index contributed by atoms with van der Waals surface area (Å²) in [5.74, 6) is 2.03. The number of hydrogen-bond acceptors (Lipinski definition) is 3. The van der Waals surface area contributed by atoms with Gasteiger partial charge in [-0.3, -0.25) is 4.90 Å². The molecule has 2 heterocycles. The molecule has 0 spiro atoms. The molecule has 0 fully saturated rings. The van der Waals surface area contributed by atoms with Crippen molar-refractivity contribution in [3.05, 3.63) is 71.7 Å². The Kier molecular flexibility index (Phi) is 4.05. The normalized spacial score (nSPS) is 13.1. The van der Waals surface area contributed by atoms with Crippen LogP contribution >= 0.6 is 0 Å². The first-order chi connectivity index (χ1) is 11.8. The molecular weight excluding hydrogens is 298 g/mol. The van der Waals surface area contributed by atoms with Crippen molar-refractivity contribution in [1.29, 1.82) is 0 Å². The molecule has 0 atom stereocenters. The summed E-state index contributed by atoms with van der Waals surface area (Å²) in [6.45, 7) is 2.50. The molecule has 0 saturated carbocycles. The number of nitrogens with zero attached hydrogens (tertiary/aromatic N) is 2. The van der Waals surface area contributed by atoms with E-state index in [-0.39, 0.29) is 0 Å². The molecule has 24 heavy (non-hydrogen) atoms. The van der Waals surface area contributed by atoms with E-state index < -0.39 is 0 Å². The van der Waals surface area contributed by atoms with Crippen LogP contribution in [0.4, 0.5) is 0 Å². The van der Waals surface area contributed by atoms with E-state index in [1.807, 2.05) is 24.4 Å². The van der Waals surface area contributed by atoms with Gasteiger partial charge in [-0.15, -0.1) is 0 Å². The van der Waals surface area contributed by atoms with Gasteiger partial charge in [-0.05, 0) is 29.8 Å². The number of aromatic nitrogens is 2. The first kappa shape index (κ1) is 15.0. The third kappa shape index (κ3) is 3.19. The van der Waals surface area contributed by atoms with Crippen LogP contribution in [0, 0.1) is 0 Å². The molecule has 0 unspecified atom stereocenters. The number of aromatic amines is 1. The molecule has 4 nitrogen and oxygen atoms in total. The monoisotopic (exact) mass is 319 g/mol. The van der Waals surface area contributed by atoms with Crippen LogP contribution in [-0.4, -0.2) is 28.5 Å². The molecule has 1 N–H and O–H groups in total. The molecule has 0 aliphatic carbocycles. The average Bonchev–Trinajstić information content (AvgIpc) is 3.24. The Morgan fingerprint density at radius 2 is 2.00 bits per heavy atom. The molecule has 1 aromatic heterocycles. The van der Waals surface area contributed by atoms with Gasteiger partial charge in [0.05, 0.1) is 25.0 Å². The fraction of sp³-hybridized carbons (Fsp3) is 0.250. The topological polar surface area (TPSA) is 41.1 Å². The lowest BCUT2D eigenvalue weighted by atomic mass is 10.1. The molecule has 122 valence electrons. The summed E-state index contributed by atoms with van der Waals surface area (Å²) >= 11 is 0. The van der Waals surface area contributed by atoms with Crippen LogP contribution in [0.1, 0.15) is 17.0 Å². The lowest BCUT2D eigenvalue weighted by Gasteiger charge is -2.15. The van der Waals surface area contributed by atoms with Gasteiger partial charge in [0.2, 0.25) is 0 Å². The highest BCUT2D eigenvalue weighted by Crippen LogP contribution is 2.26. The van der Waals surface area contributed by atoms with Gasteiger partial charge in [-0.25, -0.2) is 4.98 Å². The summed E-state index contributed by atoms with van der Waals surface area (Å²) in [5.41, 5.74) is 4.87. The lowest BCUT2D eigenvalue weighted by Crippen LogP contribution is -2.18. The summed E-state index contributed by atoms with van der Waals surface area (Å²) in [6, 6.07) is 16.8. The second-order valence-electron chi connectivity index (χ2n) is 6.32. The zero-order chi connectivity index (χ0) is 16.4. The van der Waals surface area contributed by atoms with E-state index in [9.17, 15) is 0 Å². The van der Waals surface area contributed by atoms with Gasteiger partial charge < -0.3 is 9.72 Å². The summed E-state index contributed by atoms with van der Waals surface area (Å²) in [7, 11) is 2.12. The van der Waals surface area contributed by atoms with E-state index in [0.29, 0.717) is 0 Å². The third-order valence-electron chi connectivity index (χ3n) is 4.34. The van der Waals surface area contributed by atoms with Gasteiger partial charge in [0, 0.05) is 13.0 Å². The molecule has 4 heteroatoms. The van der Waals surface area contributed by atoms with Gasteiger partial charge in [0.25, 0.3) is 0 Å². The maximum atomic E-state index is 5.57. The van der Waals surface area contributed by atoms with Crippen molar-refractivity contribution in [2.24, 2.45) is 0 Å². The smallest absolute Gasteiger partial charge is 0.122 e. The van der Waals surface area contributed by atoms with Crippen molar-refractivity contribution < 1.29 is 4.74 Å². The van der Waals surface area contributed by atoms with Gasteiger partial charge in [0.1, 0.15) is 11.6 Å². The molecule has 1 aliphatic rings. The Morgan fingerprint density at radius 1 is 1.12 bits per heavy atom. The quantitative estimate of drug-likeness (QED) is 0.780. The van der Waals surface area contributed by atoms with E-state index in [1.165, 1.54) is 11.1 Å². The first-order valence-corrected chi connectivity index (χ1v) is 8.30. The summed E-state index contributed by atoms with van der Waals surface area (Å²) in [5, 5.41) is 0. The molecule has 0 radical (unpaired) electrons. The standard InChI is InChI=1S/C20H21N3O/c1-23(13-15-7-8-19-17(11-15)9-10-24-19)14-20-21-12-18(22-20)16-5-3-2-4-6-16/h2-8,11-12H,9-10,13-14H2,1H3,(H,21,22). The zero-order valence-corrected chi connectivity index (χ0v) is 13.8. The number of fused-ring (bicyclic) bond motifs is 1. The van der Waals surface area contributed by atoms with E-state index in [0.717, 1.165) is 48.9 Å². The van der Waals surface area contributed by atoms with Crippen LogP contribution in [0.15, 0.2) is 54.7 Å². The zero-order valence-electron chi connectivity index (χ0n) is 13.8. The van der Waals surface area contributed by atoms with Crippen molar-refractivity contribution in [2.45, 2.75) is 19.5 Å². The van der Waals surface area contributed by atoms with Crippen LogP contribution < -0.4 is 4.74 Å². The maximum Gasteiger partial charge on any atom is 0.122 e. The van der Waals surface area contributed by atoms with Crippen LogP contribution in [0.25, 0.3) is 11.3 Å². The number of hydrogen-bond donors (Lipinski definition) is 1. The fourth-order valence-corrected chi connectivity index (χ4v) is 3.17. The van der Waals surface area contributed by atoms with Crippen molar-refractivity contribution in [2.75, 3.05) is 13.7 Å². The number of nitrogens with one attached hydrogen (secondary N) is 1. The van der Waals surface area contributed by atoms with E-state index >= 15 is 0 Å². The highest BCUT2D eigenvalue weighted by atomic mass is 16.5. The number of rotatable bonds is 5. The molecule has 3 aromatic rings. The van der Waals surface area contributed by atoms with Gasteiger partial charge >= 0.3 is 0 Å². The Labute approximate surface area is 142 Å². The van der Waals surface area contributed by atoms with Crippen LogP contribution in [0.5, 0.6) is 5.75 Å². The minimum atomic E-state index is 0.792. The molecule has 0 bridgehead atoms. The molecule has 1 aliphatic heterocycles. The van der Waals surface area contributed by atoms with Crippen molar-refractivity contribution in [1.82, 2.24) is 14.9 Å². The average molecular weight is 319 g/mol. The largest absolute Gasteiger partial charge is 0.493 e. The molecule has 2 aromatic carbocycles. The lowest BCUT2D eigenvalue weighted by molar-refractivity contribution is 0.311. The Bertz CT molecular complexity index is 826. The number of imidazole rings is 1. The van der Waals surface area contributed by atoms with Gasteiger partial charge in [-0.2, -0.15) is 0 Å². The van der Waals surface area contributed by atoms with Crippen molar-refractivity contribution >= 4 is 0 Å². The maximum absolute atomic E-state index is 5.57. The minimum absolute atomic E-state index is 0.792. The SMILES string of the molecule is CN(Cc1ccc2c(c1)CCO2)Cc1ncc(-c2ccccc2)[nH]1. The second kappa shape index (κ2) is 6.49. The van der Waals surface area contributed by atoms with E-state index in [4.69, 9.17) is 4.74 Å². The van der Waals surface area contributed by atoms with Crippen LogP contribution in [0.2, 0.25) is 0 Å². The van der Waals surface area contributed by atoms with Crippen molar-refractivity contribution in [3.63, 3.8) is 0 Å². The summed E-state index contributed by atoms with van der Waals surface area (Å²) in [4.78, 5) is 10.2. The first-order valence-electron chi connectivity index (χ1n) is 8.30. The summed E-state index contributed by atoms with van der Waals surface area (Å²) in [6.07, 6.45) is 2.93. The number of benzene rings is 2. The Hall–Kier alpha value is -2.59. The Morgan fingerprint density at radius 3 is 2.88 bits per heavy atom. The fourth-order valence-electron chi connectivity index (χ4n) is 3.17. The second-order valence-corrected chi connectivity index (χ2v) is 6.32. The van der Waals surface area contributed by atoms with Crippen LogP contribution in [0.3, 0.4) is 0 Å². The van der Waals surface area contributed by atoms with E-state index in [1.54, 1.807) is 0 Å². The summed E-state index contributed by atoms with van der Waals surface area (Å²) < 4.78 is 5.57. The van der Waals surface area contributed by atoms with Crippen molar-refractivity contribution in [3.8, 4) is 17.0 Å². The molecule has 4 rings (SSSR count). The highest BCUT2D eigenvalue weighted by molar-refractivity contribution is 5.57. The van der Waals surface area contributed by atoms with Gasteiger partial charge in [-0.1, -0.05) is 42.5 Å². The third-order valence-corrected chi connectivity index (χ3v) is 4.34. The predicted octanol–water partition coefficient (Wildman–Crippen LogP) is 3.64. The number of ether oxygens (including phenoxy) is 1. The highest BCUT2D eigenvalue weighted by Gasteiger charge is 2.13. The minimum Gasteiger partial charge on any atom is -0.493 e. The van der Waals surface area contributed by atoms with Gasteiger partial charge in [0.15, 0.2) is 0 Å². The van der Waals surface area contributed by atoms with E-state index in [2.05, 4.69) is 52.2 Å². The molecular formula is C20H21N3O. The Balaban J connectivity index is 1.41. The number of H-pyrrole nitrogens is 1.